The molecular weight excluding hydrogens is 457 g/mol. The molecule has 0 radical (unpaired) electrons. The average Bonchev–Trinajstić information content (AvgIpc) is 2.99. The van der Waals surface area contributed by atoms with Crippen LogP contribution in [0.25, 0.3) is 11.1 Å². The lowest BCUT2D eigenvalue weighted by atomic mass is 9.78. The molecule has 1 fully saturated rings. The van der Waals surface area contributed by atoms with E-state index < -0.39 is 42.0 Å². The fourth-order valence-corrected chi connectivity index (χ4v) is 3.84. The highest BCUT2D eigenvalue weighted by Gasteiger charge is 2.51. The lowest BCUT2D eigenvalue weighted by Gasteiger charge is -2.32. The van der Waals surface area contributed by atoms with Gasteiger partial charge in [-0.15, -0.1) is 0 Å². The minimum absolute atomic E-state index is 0.219. The van der Waals surface area contributed by atoms with E-state index >= 15 is 0 Å². The number of amides is 1. The number of ether oxygens (including phenoxy) is 2. The number of hydrogen-bond donors (Lipinski definition) is 1. The van der Waals surface area contributed by atoms with Crippen molar-refractivity contribution in [3.05, 3.63) is 54.1 Å². The van der Waals surface area contributed by atoms with Crippen LogP contribution in [0.5, 0.6) is 0 Å². The van der Waals surface area contributed by atoms with Crippen molar-refractivity contribution in [1.82, 2.24) is 5.32 Å². The monoisotopic (exact) mass is 495 g/mol. The molecule has 8 heteroatoms. The van der Waals surface area contributed by atoms with Crippen LogP contribution >= 0.6 is 0 Å². The van der Waals surface area contributed by atoms with E-state index in [1.54, 1.807) is 27.7 Å². The third kappa shape index (κ3) is 6.89. The first-order chi connectivity index (χ1) is 16.7. The van der Waals surface area contributed by atoms with Crippen molar-refractivity contribution in [3.8, 4) is 11.1 Å². The van der Waals surface area contributed by atoms with Gasteiger partial charge in [0.25, 0.3) is 0 Å². The Morgan fingerprint density at radius 1 is 0.972 bits per heavy atom. The zero-order valence-electron chi connectivity index (χ0n) is 22.6. The van der Waals surface area contributed by atoms with Gasteiger partial charge < -0.3 is 24.1 Å². The number of rotatable bonds is 7. The Balaban J connectivity index is 1.81. The van der Waals surface area contributed by atoms with Gasteiger partial charge in [-0.25, -0.2) is 9.59 Å². The van der Waals surface area contributed by atoms with Gasteiger partial charge in [0.2, 0.25) is 0 Å². The smallest absolute Gasteiger partial charge is 0.464 e. The second-order valence-electron chi connectivity index (χ2n) is 11.1. The highest BCUT2D eigenvalue weighted by Crippen LogP contribution is 2.36. The second kappa shape index (κ2) is 10.6. The molecule has 2 aromatic rings. The highest BCUT2D eigenvalue weighted by atomic mass is 16.7. The quantitative estimate of drug-likeness (QED) is 0.445. The summed E-state index contributed by atoms with van der Waals surface area (Å²) < 4.78 is 23.0. The van der Waals surface area contributed by atoms with Crippen molar-refractivity contribution in [2.45, 2.75) is 84.7 Å². The summed E-state index contributed by atoms with van der Waals surface area (Å²) in [5.74, 6) is -0.503. The maximum atomic E-state index is 12.6. The third-order valence-electron chi connectivity index (χ3n) is 6.37. The summed E-state index contributed by atoms with van der Waals surface area (Å²) in [4.78, 5) is 24.9. The molecule has 0 aliphatic carbocycles. The van der Waals surface area contributed by atoms with Crippen molar-refractivity contribution in [2.75, 3.05) is 6.61 Å². The van der Waals surface area contributed by atoms with Gasteiger partial charge in [-0.05, 0) is 77.5 Å². The van der Waals surface area contributed by atoms with Crippen LogP contribution in [0.1, 0.15) is 61.0 Å². The van der Waals surface area contributed by atoms with Gasteiger partial charge in [-0.1, -0.05) is 48.5 Å². The number of carbonyl (C=O) groups excluding carboxylic acids is 2. The number of nitrogens with one attached hydrogen (secondary N) is 1. The Kier molecular flexibility index (Phi) is 8.21. The van der Waals surface area contributed by atoms with Gasteiger partial charge in [0.15, 0.2) is 0 Å². The van der Waals surface area contributed by atoms with E-state index in [0.29, 0.717) is 0 Å². The molecule has 36 heavy (non-hydrogen) atoms. The maximum Gasteiger partial charge on any atom is 0.494 e. The lowest BCUT2D eigenvalue weighted by Crippen LogP contribution is -2.45. The molecule has 0 aromatic heterocycles. The first-order valence-corrected chi connectivity index (χ1v) is 12.4. The Hall–Kier alpha value is -2.84. The summed E-state index contributed by atoms with van der Waals surface area (Å²) in [6.07, 6.45) is -0.394. The van der Waals surface area contributed by atoms with Gasteiger partial charge >= 0.3 is 19.2 Å². The van der Waals surface area contributed by atoms with Gasteiger partial charge in [-0.3, -0.25) is 0 Å². The van der Waals surface area contributed by atoms with E-state index in [-0.39, 0.29) is 13.0 Å². The van der Waals surface area contributed by atoms with Crippen LogP contribution in [-0.4, -0.2) is 48.6 Å². The van der Waals surface area contributed by atoms with Crippen molar-refractivity contribution in [2.24, 2.45) is 0 Å². The Bertz CT molecular complexity index is 1080. The number of benzene rings is 2. The fourth-order valence-electron chi connectivity index (χ4n) is 3.84. The van der Waals surface area contributed by atoms with Crippen molar-refractivity contribution in [1.29, 1.82) is 0 Å². The molecule has 1 aliphatic rings. The molecule has 194 valence electrons. The zero-order chi connectivity index (χ0) is 26.7. The predicted octanol–water partition coefficient (Wildman–Crippen LogP) is 4.65. The molecular formula is C28H38BNO6. The third-order valence-corrected chi connectivity index (χ3v) is 6.37. The molecule has 7 nitrogen and oxygen atoms in total. The summed E-state index contributed by atoms with van der Waals surface area (Å²) in [5, 5.41) is 2.66. The highest BCUT2D eigenvalue weighted by molar-refractivity contribution is 6.62. The molecule has 0 unspecified atom stereocenters. The van der Waals surface area contributed by atoms with E-state index in [1.165, 1.54) is 0 Å². The van der Waals surface area contributed by atoms with Crippen LogP contribution in [0, 0.1) is 0 Å². The van der Waals surface area contributed by atoms with Crippen LogP contribution in [-0.2, 0) is 30.0 Å². The molecule has 0 spiro atoms. The molecule has 0 saturated carbocycles. The topological polar surface area (TPSA) is 83.1 Å². The Morgan fingerprint density at radius 2 is 1.56 bits per heavy atom. The van der Waals surface area contributed by atoms with Gasteiger partial charge in [0.05, 0.1) is 17.8 Å². The van der Waals surface area contributed by atoms with Gasteiger partial charge in [0.1, 0.15) is 11.6 Å². The molecule has 2 aromatic carbocycles. The zero-order valence-corrected chi connectivity index (χ0v) is 22.6. The van der Waals surface area contributed by atoms with Gasteiger partial charge in [-0.2, -0.15) is 0 Å². The minimum Gasteiger partial charge on any atom is -0.464 e. The summed E-state index contributed by atoms with van der Waals surface area (Å²) >= 11 is 0. The first-order valence-electron chi connectivity index (χ1n) is 12.4. The lowest BCUT2D eigenvalue weighted by molar-refractivity contribution is -0.145. The molecule has 1 atom stereocenters. The Labute approximate surface area is 215 Å². The normalized spacial score (nSPS) is 17.4. The van der Waals surface area contributed by atoms with E-state index in [4.69, 9.17) is 18.8 Å². The minimum atomic E-state index is -0.869. The molecule has 3 rings (SSSR count). The first kappa shape index (κ1) is 27.7. The summed E-state index contributed by atoms with van der Waals surface area (Å²) in [6, 6.07) is 15.1. The molecule has 1 N–H and O–H groups in total. The largest absolute Gasteiger partial charge is 0.494 e. The van der Waals surface area contributed by atoms with Crippen molar-refractivity contribution < 1.29 is 28.4 Å². The molecule has 1 amide bonds. The van der Waals surface area contributed by atoms with Crippen LogP contribution in [0.15, 0.2) is 48.5 Å². The second-order valence-corrected chi connectivity index (χ2v) is 11.1. The number of esters is 1. The van der Waals surface area contributed by atoms with Crippen LogP contribution in [0.2, 0.25) is 0 Å². The number of carbonyl (C=O) groups is 2. The number of hydrogen-bond acceptors (Lipinski definition) is 6. The van der Waals surface area contributed by atoms with Gasteiger partial charge in [0, 0.05) is 6.42 Å². The maximum absolute atomic E-state index is 12.6. The van der Waals surface area contributed by atoms with Crippen LogP contribution in [0.4, 0.5) is 4.79 Å². The van der Waals surface area contributed by atoms with Crippen molar-refractivity contribution >= 4 is 24.6 Å². The van der Waals surface area contributed by atoms with E-state index in [0.717, 1.165) is 22.2 Å². The molecule has 0 bridgehead atoms. The van der Waals surface area contributed by atoms with Crippen LogP contribution < -0.4 is 10.8 Å². The SMILES string of the molecule is CCOC(=O)[C@H](Cc1cccc(-c2cccc(B3OC(C)(C)C(C)(C)O3)c2)c1)NC(=O)OC(C)(C)C. The van der Waals surface area contributed by atoms with Crippen molar-refractivity contribution in [3.63, 3.8) is 0 Å². The van der Waals surface area contributed by atoms with E-state index in [1.807, 2.05) is 70.2 Å². The molecule has 1 saturated heterocycles. The number of alkyl carbamates (subject to hydrolysis) is 1. The van der Waals surface area contributed by atoms with Crippen LogP contribution in [0.3, 0.4) is 0 Å². The molecule has 1 aliphatic heterocycles. The summed E-state index contributed by atoms with van der Waals surface area (Å²) in [6.45, 7) is 15.4. The van der Waals surface area contributed by atoms with E-state index in [2.05, 4.69) is 11.4 Å². The summed E-state index contributed by atoms with van der Waals surface area (Å²) in [5.41, 5.74) is 2.27. The summed E-state index contributed by atoms with van der Waals surface area (Å²) in [7, 11) is -0.454. The fraction of sp³-hybridized carbons (Fsp3) is 0.500. The van der Waals surface area contributed by atoms with E-state index in [9.17, 15) is 9.59 Å². The predicted molar refractivity (Wildman–Crippen MR) is 141 cm³/mol. The standard InChI is InChI=1S/C28H38BNO6/c1-9-33-24(31)23(30-25(32)34-26(2,3)4)17-19-12-10-13-20(16-19)21-14-11-15-22(18-21)29-35-27(5,6)28(7,8)36-29/h10-16,18,23H,9,17H2,1-8H3,(H,30,32)/t23-/m0/s1. The Morgan fingerprint density at radius 3 is 2.14 bits per heavy atom. The molecule has 1 heterocycles. The average molecular weight is 495 g/mol.